The molecule has 0 radical (unpaired) electrons. The summed E-state index contributed by atoms with van der Waals surface area (Å²) in [7, 11) is 2.17. The van der Waals surface area contributed by atoms with E-state index in [1.807, 2.05) is 36.4 Å². The van der Waals surface area contributed by atoms with E-state index in [9.17, 15) is 4.79 Å². The zero-order valence-electron chi connectivity index (χ0n) is 18.0. The Hall–Kier alpha value is -2.63. The van der Waals surface area contributed by atoms with Crippen LogP contribution in [0.15, 0.2) is 52.9 Å². The second kappa shape index (κ2) is 9.45. The second-order valence-electron chi connectivity index (χ2n) is 8.23. The first-order valence-electron chi connectivity index (χ1n) is 11.0. The van der Waals surface area contributed by atoms with E-state index in [4.69, 9.17) is 4.42 Å². The lowest BCUT2D eigenvalue weighted by molar-refractivity contribution is 0.102. The third-order valence-corrected chi connectivity index (χ3v) is 5.87. The number of rotatable bonds is 7. The number of likely N-dealkylation sites (N-methyl/N-ethyl adjacent to an activating group) is 1. The number of nitrogens with zero attached hydrogens (tertiary/aromatic N) is 2. The van der Waals surface area contributed by atoms with Gasteiger partial charge in [0, 0.05) is 50.2 Å². The fourth-order valence-corrected chi connectivity index (χ4v) is 4.01. The van der Waals surface area contributed by atoms with Crippen LogP contribution in [0.25, 0.3) is 11.0 Å². The number of amides is 1. The van der Waals surface area contributed by atoms with Gasteiger partial charge in [-0.15, -0.1) is 0 Å². The summed E-state index contributed by atoms with van der Waals surface area (Å²) in [6.07, 6.45) is 2.84. The van der Waals surface area contributed by atoms with Gasteiger partial charge in [0.25, 0.3) is 5.91 Å². The van der Waals surface area contributed by atoms with Crippen molar-refractivity contribution in [1.82, 2.24) is 9.80 Å². The van der Waals surface area contributed by atoms with Gasteiger partial charge in [-0.2, -0.15) is 0 Å². The van der Waals surface area contributed by atoms with Crippen LogP contribution in [-0.2, 0) is 13.0 Å². The van der Waals surface area contributed by atoms with Crippen LogP contribution in [0.5, 0.6) is 0 Å². The molecule has 4 rings (SSSR count). The largest absolute Gasteiger partial charge is 0.460 e. The fourth-order valence-electron chi connectivity index (χ4n) is 4.01. The zero-order valence-corrected chi connectivity index (χ0v) is 18.0. The van der Waals surface area contributed by atoms with Crippen LogP contribution in [0.1, 0.15) is 41.4 Å². The van der Waals surface area contributed by atoms with E-state index in [2.05, 4.69) is 41.2 Å². The first-order chi connectivity index (χ1) is 14.6. The third kappa shape index (κ3) is 4.74. The average molecular weight is 406 g/mol. The molecule has 1 aromatic heterocycles. The summed E-state index contributed by atoms with van der Waals surface area (Å²) < 4.78 is 6.00. The second-order valence-corrected chi connectivity index (χ2v) is 8.23. The zero-order chi connectivity index (χ0) is 20.9. The van der Waals surface area contributed by atoms with Gasteiger partial charge in [-0.25, -0.2) is 0 Å². The summed E-state index contributed by atoms with van der Waals surface area (Å²) in [5.74, 6) is 0.681. The van der Waals surface area contributed by atoms with E-state index < -0.39 is 0 Å². The molecule has 0 unspecified atom stereocenters. The maximum atomic E-state index is 13.1. The molecule has 1 N–H and O–H groups in total. The Labute approximate surface area is 178 Å². The van der Waals surface area contributed by atoms with Crippen molar-refractivity contribution in [1.29, 1.82) is 0 Å². The van der Waals surface area contributed by atoms with Crippen LogP contribution >= 0.6 is 0 Å². The van der Waals surface area contributed by atoms with Crippen molar-refractivity contribution in [3.05, 3.63) is 65.4 Å². The molecule has 5 nitrogen and oxygen atoms in total. The minimum atomic E-state index is -0.0992. The van der Waals surface area contributed by atoms with Gasteiger partial charge in [-0.3, -0.25) is 9.69 Å². The highest BCUT2D eigenvalue weighted by Gasteiger charge is 2.20. The summed E-state index contributed by atoms with van der Waals surface area (Å²) in [4.78, 5) is 18.0. The quantitative estimate of drug-likeness (QED) is 0.615. The maximum absolute atomic E-state index is 13.1. The first kappa shape index (κ1) is 20.6. The van der Waals surface area contributed by atoms with E-state index in [-0.39, 0.29) is 5.91 Å². The van der Waals surface area contributed by atoms with Gasteiger partial charge in [0.1, 0.15) is 11.3 Å². The molecular weight excluding hydrogens is 374 g/mol. The van der Waals surface area contributed by atoms with Crippen LogP contribution in [0.2, 0.25) is 0 Å². The molecule has 0 spiro atoms. The predicted molar refractivity (Wildman–Crippen MR) is 122 cm³/mol. The van der Waals surface area contributed by atoms with E-state index in [1.54, 1.807) is 0 Å². The van der Waals surface area contributed by atoms with Gasteiger partial charge in [0.15, 0.2) is 0 Å². The molecule has 5 heteroatoms. The Morgan fingerprint density at radius 2 is 1.77 bits per heavy atom. The Kier molecular flexibility index (Phi) is 6.50. The number of aryl methyl sites for hydroxylation is 1. The monoisotopic (exact) mass is 405 g/mol. The highest BCUT2D eigenvalue weighted by molar-refractivity contribution is 6.13. The molecule has 1 amide bonds. The van der Waals surface area contributed by atoms with Crippen molar-refractivity contribution >= 4 is 22.6 Å². The van der Waals surface area contributed by atoms with Crippen LogP contribution in [-0.4, -0.2) is 48.9 Å². The molecule has 1 fully saturated rings. The number of para-hydroxylation sites is 1. The number of nitrogens with one attached hydrogen (secondary N) is 1. The van der Waals surface area contributed by atoms with Crippen molar-refractivity contribution in [2.45, 2.75) is 32.7 Å². The van der Waals surface area contributed by atoms with Gasteiger partial charge in [-0.05, 0) is 37.2 Å². The molecular formula is C25H31N3O2. The summed E-state index contributed by atoms with van der Waals surface area (Å²) in [5.41, 5.74) is 3.53. The third-order valence-electron chi connectivity index (χ3n) is 5.87. The minimum absolute atomic E-state index is 0.0992. The van der Waals surface area contributed by atoms with Gasteiger partial charge in [-0.1, -0.05) is 43.7 Å². The molecule has 3 aromatic rings. The van der Waals surface area contributed by atoms with Crippen LogP contribution in [0.4, 0.5) is 5.69 Å². The summed E-state index contributed by atoms with van der Waals surface area (Å²) in [6.45, 7) is 7.54. The molecule has 2 heterocycles. The lowest BCUT2D eigenvalue weighted by Crippen LogP contribution is -2.43. The van der Waals surface area contributed by atoms with Gasteiger partial charge < -0.3 is 14.6 Å². The molecule has 1 saturated heterocycles. The molecule has 0 saturated carbocycles. The molecule has 1 aliphatic rings. The standard InChI is InChI=1S/C25H31N3O2/c1-3-4-8-23-24(21-7-5-6-9-22(21)30-23)25(29)26-20-12-10-19(11-13-20)18-28-16-14-27(2)15-17-28/h5-7,9-13H,3-4,8,14-18H2,1-2H3,(H,26,29). The van der Waals surface area contributed by atoms with E-state index in [0.717, 1.165) is 74.4 Å². The minimum Gasteiger partial charge on any atom is -0.460 e. The van der Waals surface area contributed by atoms with Crippen molar-refractivity contribution in [3.63, 3.8) is 0 Å². The number of hydrogen-bond acceptors (Lipinski definition) is 4. The molecule has 1 aliphatic heterocycles. The average Bonchev–Trinajstić information content (AvgIpc) is 3.13. The molecule has 158 valence electrons. The number of hydrogen-bond donors (Lipinski definition) is 1. The number of fused-ring (bicyclic) bond motifs is 1. The summed E-state index contributed by atoms with van der Waals surface area (Å²) in [5, 5.41) is 3.95. The number of anilines is 1. The smallest absolute Gasteiger partial charge is 0.259 e. The Morgan fingerprint density at radius 1 is 1.03 bits per heavy atom. The van der Waals surface area contributed by atoms with Crippen molar-refractivity contribution < 1.29 is 9.21 Å². The van der Waals surface area contributed by atoms with E-state index in [0.29, 0.717) is 5.56 Å². The number of carbonyl (C=O) groups is 1. The number of benzene rings is 2. The fraction of sp³-hybridized carbons (Fsp3) is 0.400. The lowest BCUT2D eigenvalue weighted by atomic mass is 10.1. The number of piperazine rings is 1. The summed E-state index contributed by atoms with van der Waals surface area (Å²) >= 11 is 0. The number of furan rings is 1. The van der Waals surface area contributed by atoms with Crippen molar-refractivity contribution in [3.8, 4) is 0 Å². The van der Waals surface area contributed by atoms with Gasteiger partial charge in [0.2, 0.25) is 0 Å². The van der Waals surface area contributed by atoms with Crippen LogP contribution in [0.3, 0.4) is 0 Å². The Balaban J connectivity index is 1.46. The van der Waals surface area contributed by atoms with Crippen molar-refractivity contribution in [2.75, 3.05) is 38.5 Å². The highest BCUT2D eigenvalue weighted by atomic mass is 16.3. The molecule has 0 atom stereocenters. The van der Waals surface area contributed by atoms with E-state index in [1.165, 1.54) is 5.56 Å². The molecule has 0 bridgehead atoms. The molecule has 30 heavy (non-hydrogen) atoms. The van der Waals surface area contributed by atoms with Crippen molar-refractivity contribution in [2.24, 2.45) is 0 Å². The SMILES string of the molecule is CCCCc1oc2ccccc2c1C(=O)Nc1ccc(CN2CCN(C)CC2)cc1. The highest BCUT2D eigenvalue weighted by Crippen LogP contribution is 2.28. The first-order valence-corrected chi connectivity index (χ1v) is 11.0. The Morgan fingerprint density at radius 3 is 2.50 bits per heavy atom. The number of unbranched alkanes of at least 4 members (excludes halogenated alkanes) is 1. The van der Waals surface area contributed by atoms with E-state index >= 15 is 0 Å². The summed E-state index contributed by atoms with van der Waals surface area (Å²) in [6, 6.07) is 16.0. The van der Waals surface area contributed by atoms with Gasteiger partial charge >= 0.3 is 0 Å². The maximum Gasteiger partial charge on any atom is 0.259 e. The molecule has 2 aromatic carbocycles. The van der Waals surface area contributed by atoms with Crippen LogP contribution in [0, 0.1) is 0 Å². The number of carbonyl (C=O) groups excluding carboxylic acids is 1. The molecule has 0 aliphatic carbocycles. The predicted octanol–water partition coefficient (Wildman–Crippen LogP) is 4.78. The van der Waals surface area contributed by atoms with Crippen LogP contribution < -0.4 is 5.32 Å². The normalized spacial score (nSPS) is 15.5. The topological polar surface area (TPSA) is 48.7 Å². The Bertz CT molecular complexity index is 985. The van der Waals surface area contributed by atoms with Gasteiger partial charge in [0.05, 0.1) is 5.56 Å². The lowest BCUT2D eigenvalue weighted by Gasteiger charge is -2.32.